The third-order valence-corrected chi connectivity index (χ3v) is 2.85. The van der Waals surface area contributed by atoms with Crippen LogP contribution in [0, 0.1) is 0 Å². The van der Waals surface area contributed by atoms with Gasteiger partial charge < -0.3 is 9.84 Å². The highest BCUT2D eigenvalue weighted by Crippen LogP contribution is 2.11. The van der Waals surface area contributed by atoms with Crippen molar-refractivity contribution in [2.75, 3.05) is 6.61 Å². The summed E-state index contributed by atoms with van der Waals surface area (Å²) in [4.78, 5) is 11.8. The molecule has 0 aromatic heterocycles. The normalized spacial score (nSPS) is 12.1. The van der Waals surface area contributed by atoms with E-state index in [1.807, 2.05) is 0 Å². The molecule has 0 radical (unpaired) electrons. The molecule has 0 saturated heterocycles. The molecule has 0 aliphatic rings. The van der Waals surface area contributed by atoms with Crippen molar-refractivity contribution in [2.24, 2.45) is 5.84 Å². The monoisotopic (exact) mass is 266 g/mol. The molecule has 0 amide bonds. The first-order chi connectivity index (χ1) is 9.17. The largest absolute Gasteiger partial charge is 0.508 e. The second-order valence-corrected chi connectivity index (χ2v) is 4.46. The molecule has 0 aliphatic heterocycles. The van der Waals surface area contributed by atoms with Crippen LogP contribution in [0.3, 0.4) is 0 Å². The van der Waals surface area contributed by atoms with E-state index in [-0.39, 0.29) is 11.7 Å². The van der Waals surface area contributed by atoms with Crippen LogP contribution in [0.1, 0.15) is 31.7 Å². The highest BCUT2D eigenvalue weighted by Gasteiger charge is 2.18. The number of carbonyl (C=O) groups is 1. The van der Waals surface area contributed by atoms with Gasteiger partial charge in [-0.05, 0) is 30.5 Å². The van der Waals surface area contributed by atoms with Crippen molar-refractivity contribution in [3.05, 3.63) is 29.8 Å². The maximum atomic E-state index is 11.8. The second kappa shape index (κ2) is 8.50. The van der Waals surface area contributed by atoms with Crippen LogP contribution in [0.5, 0.6) is 5.75 Å². The lowest BCUT2D eigenvalue weighted by molar-refractivity contribution is -0.146. The number of aromatic hydroxyl groups is 1. The SMILES string of the molecule is CCCCCOC(=O)[C@H](Cc1ccc(O)cc1)NN. The number of hydrogen-bond acceptors (Lipinski definition) is 5. The predicted molar refractivity (Wildman–Crippen MR) is 73.4 cm³/mol. The van der Waals surface area contributed by atoms with E-state index in [0.29, 0.717) is 13.0 Å². The number of esters is 1. The number of nitrogens with two attached hydrogens (primary N) is 1. The summed E-state index contributed by atoms with van der Waals surface area (Å²) < 4.78 is 5.16. The zero-order valence-electron chi connectivity index (χ0n) is 11.3. The number of benzene rings is 1. The van der Waals surface area contributed by atoms with E-state index >= 15 is 0 Å². The summed E-state index contributed by atoms with van der Waals surface area (Å²) >= 11 is 0. The fourth-order valence-electron chi connectivity index (χ4n) is 1.70. The summed E-state index contributed by atoms with van der Waals surface area (Å²) in [5.41, 5.74) is 3.38. The summed E-state index contributed by atoms with van der Waals surface area (Å²) in [6.07, 6.45) is 3.44. The third-order valence-electron chi connectivity index (χ3n) is 2.85. The van der Waals surface area contributed by atoms with Gasteiger partial charge in [-0.3, -0.25) is 10.6 Å². The lowest BCUT2D eigenvalue weighted by atomic mass is 10.1. The molecule has 0 saturated carbocycles. The zero-order valence-corrected chi connectivity index (χ0v) is 11.3. The Hall–Kier alpha value is -1.59. The summed E-state index contributed by atoms with van der Waals surface area (Å²) in [6.45, 7) is 2.53. The molecule has 5 heteroatoms. The van der Waals surface area contributed by atoms with Crippen LogP contribution in [-0.4, -0.2) is 23.7 Å². The van der Waals surface area contributed by atoms with Gasteiger partial charge in [-0.2, -0.15) is 0 Å². The molecule has 1 aromatic rings. The van der Waals surface area contributed by atoms with Crippen LogP contribution in [0.25, 0.3) is 0 Å². The lowest BCUT2D eigenvalue weighted by Gasteiger charge is -2.15. The van der Waals surface area contributed by atoms with Gasteiger partial charge in [-0.15, -0.1) is 0 Å². The predicted octanol–water partition coefficient (Wildman–Crippen LogP) is 1.50. The van der Waals surface area contributed by atoms with Gasteiger partial charge >= 0.3 is 5.97 Å². The summed E-state index contributed by atoms with van der Waals surface area (Å²) in [7, 11) is 0. The fourth-order valence-corrected chi connectivity index (χ4v) is 1.70. The van der Waals surface area contributed by atoms with Crippen LogP contribution < -0.4 is 11.3 Å². The summed E-state index contributed by atoms with van der Waals surface area (Å²) in [5.74, 6) is 5.24. The quantitative estimate of drug-likeness (QED) is 0.287. The average molecular weight is 266 g/mol. The standard InChI is InChI=1S/C14H22N2O3/c1-2-3-4-9-19-14(18)13(16-15)10-11-5-7-12(17)8-6-11/h5-8,13,16-17H,2-4,9-10,15H2,1H3/t13-/m0/s1. The fraction of sp³-hybridized carbons (Fsp3) is 0.500. The van der Waals surface area contributed by atoms with Crippen LogP contribution in [0.4, 0.5) is 0 Å². The van der Waals surface area contributed by atoms with Gasteiger partial charge in [0.2, 0.25) is 0 Å². The zero-order chi connectivity index (χ0) is 14.1. The number of rotatable bonds is 8. The number of hydrazine groups is 1. The van der Waals surface area contributed by atoms with Crippen molar-refractivity contribution in [1.29, 1.82) is 0 Å². The van der Waals surface area contributed by atoms with Crippen LogP contribution in [-0.2, 0) is 16.0 Å². The Morgan fingerprint density at radius 3 is 2.63 bits per heavy atom. The minimum atomic E-state index is -0.564. The van der Waals surface area contributed by atoms with Gasteiger partial charge in [0.25, 0.3) is 0 Å². The summed E-state index contributed by atoms with van der Waals surface area (Å²) in [5, 5.41) is 9.19. The highest BCUT2D eigenvalue weighted by molar-refractivity contribution is 5.76. The topological polar surface area (TPSA) is 84.6 Å². The van der Waals surface area contributed by atoms with Crippen LogP contribution in [0.15, 0.2) is 24.3 Å². The molecular weight excluding hydrogens is 244 g/mol. The van der Waals surface area contributed by atoms with E-state index in [1.54, 1.807) is 24.3 Å². The van der Waals surface area contributed by atoms with E-state index < -0.39 is 6.04 Å². The Bertz CT molecular complexity index is 379. The van der Waals surface area contributed by atoms with Gasteiger partial charge in [0.1, 0.15) is 11.8 Å². The number of ether oxygens (including phenoxy) is 1. The molecule has 0 unspecified atom stereocenters. The first-order valence-electron chi connectivity index (χ1n) is 6.58. The Kier molecular flexibility index (Phi) is 6.92. The van der Waals surface area contributed by atoms with Crippen molar-refractivity contribution >= 4 is 5.97 Å². The van der Waals surface area contributed by atoms with E-state index in [4.69, 9.17) is 10.6 Å². The molecule has 1 rings (SSSR count). The molecule has 1 atom stereocenters. The maximum absolute atomic E-state index is 11.8. The summed E-state index contributed by atoms with van der Waals surface area (Å²) in [6, 6.07) is 6.10. The maximum Gasteiger partial charge on any atom is 0.324 e. The number of nitrogens with one attached hydrogen (secondary N) is 1. The van der Waals surface area contributed by atoms with Gasteiger partial charge in [0.15, 0.2) is 0 Å². The van der Waals surface area contributed by atoms with Crippen LogP contribution in [0.2, 0.25) is 0 Å². The van der Waals surface area contributed by atoms with E-state index in [9.17, 15) is 9.90 Å². The number of carbonyl (C=O) groups excluding carboxylic acids is 1. The minimum Gasteiger partial charge on any atom is -0.508 e. The van der Waals surface area contributed by atoms with E-state index in [1.165, 1.54) is 0 Å². The molecule has 0 spiro atoms. The van der Waals surface area contributed by atoms with Crippen molar-refractivity contribution < 1.29 is 14.6 Å². The Balaban J connectivity index is 2.43. The molecular formula is C14H22N2O3. The van der Waals surface area contributed by atoms with E-state index in [0.717, 1.165) is 24.8 Å². The molecule has 1 aromatic carbocycles. The van der Waals surface area contributed by atoms with Gasteiger partial charge in [-0.25, -0.2) is 5.43 Å². The van der Waals surface area contributed by atoms with Crippen molar-refractivity contribution in [3.8, 4) is 5.75 Å². The van der Waals surface area contributed by atoms with Gasteiger partial charge in [-0.1, -0.05) is 31.9 Å². The van der Waals surface area contributed by atoms with Gasteiger partial charge in [0.05, 0.1) is 6.61 Å². The lowest BCUT2D eigenvalue weighted by Crippen LogP contribution is -2.44. The Labute approximate surface area is 113 Å². The second-order valence-electron chi connectivity index (χ2n) is 4.46. The first kappa shape index (κ1) is 15.5. The number of hydrogen-bond donors (Lipinski definition) is 3. The first-order valence-corrected chi connectivity index (χ1v) is 6.58. The molecule has 0 heterocycles. The number of unbranched alkanes of at least 4 members (excludes halogenated alkanes) is 2. The molecule has 4 N–H and O–H groups in total. The van der Waals surface area contributed by atoms with Gasteiger partial charge in [0, 0.05) is 0 Å². The number of phenolic OH excluding ortho intramolecular Hbond substituents is 1. The van der Waals surface area contributed by atoms with Crippen LogP contribution >= 0.6 is 0 Å². The third kappa shape index (κ3) is 5.72. The van der Waals surface area contributed by atoms with E-state index in [2.05, 4.69) is 12.3 Å². The Morgan fingerprint density at radius 2 is 2.05 bits per heavy atom. The minimum absolute atomic E-state index is 0.197. The molecule has 19 heavy (non-hydrogen) atoms. The molecule has 106 valence electrons. The van der Waals surface area contributed by atoms with Crippen molar-refractivity contribution in [2.45, 2.75) is 38.6 Å². The Morgan fingerprint density at radius 1 is 1.37 bits per heavy atom. The highest BCUT2D eigenvalue weighted by atomic mass is 16.5. The molecule has 0 aliphatic carbocycles. The van der Waals surface area contributed by atoms with Crippen molar-refractivity contribution in [3.63, 3.8) is 0 Å². The van der Waals surface area contributed by atoms with Crippen molar-refractivity contribution in [1.82, 2.24) is 5.43 Å². The molecule has 0 bridgehead atoms. The average Bonchev–Trinajstić information content (AvgIpc) is 2.42. The molecule has 5 nitrogen and oxygen atoms in total. The molecule has 0 fully saturated rings. The number of phenols is 1. The smallest absolute Gasteiger partial charge is 0.324 e.